The molecule has 0 aromatic carbocycles. The standard InChI is InChI=1S/C10H23N5/c1-3-5-12-10(13-11)15-7-4-6-14(2)8-9-15/h3-9,11H2,1-2H3,(H,12,13). The molecule has 88 valence electrons. The molecule has 1 fully saturated rings. The van der Waals surface area contributed by atoms with Crippen molar-refractivity contribution in [2.75, 3.05) is 39.8 Å². The number of nitrogens with zero attached hydrogens (tertiary/aromatic N) is 3. The monoisotopic (exact) mass is 213 g/mol. The van der Waals surface area contributed by atoms with Crippen molar-refractivity contribution in [2.45, 2.75) is 19.8 Å². The summed E-state index contributed by atoms with van der Waals surface area (Å²) in [6.07, 6.45) is 2.22. The Morgan fingerprint density at radius 3 is 2.80 bits per heavy atom. The second-order valence-electron chi connectivity index (χ2n) is 3.99. The number of hydrogen-bond acceptors (Lipinski definition) is 3. The van der Waals surface area contributed by atoms with Crippen LogP contribution in [0.2, 0.25) is 0 Å². The summed E-state index contributed by atoms with van der Waals surface area (Å²) in [4.78, 5) is 9.02. The average molecular weight is 213 g/mol. The highest BCUT2D eigenvalue weighted by molar-refractivity contribution is 5.79. The Kier molecular flexibility index (Phi) is 5.42. The normalized spacial score (nSPS) is 20.2. The van der Waals surface area contributed by atoms with E-state index in [9.17, 15) is 0 Å². The van der Waals surface area contributed by atoms with Crippen molar-refractivity contribution in [2.24, 2.45) is 10.8 Å². The van der Waals surface area contributed by atoms with E-state index in [0.29, 0.717) is 0 Å². The molecule has 1 aliphatic rings. The van der Waals surface area contributed by atoms with Crippen LogP contribution < -0.4 is 11.3 Å². The molecule has 0 aliphatic carbocycles. The van der Waals surface area contributed by atoms with E-state index in [4.69, 9.17) is 5.84 Å². The van der Waals surface area contributed by atoms with E-state index in [0.717, 1.165) is 45.1 Å². The predicted octanol–water partition coefficient (Wildman–Crippen LogP) is -0.147. The Balaban J connectivity index is 2.51. The molecule has 1 saturated heterocycles. The molecular formula is C10H23N5. The van der Waals surface area contributed by atoms with E-state index >= 15 is 0 Å². The fraction of sp³-hybridized carbons (Fsp3) is 0.900. The Labute approximate surface area is 92.3 Å². The van der Waals surface area contributed by atoms with Crippen molar-refractivity contribution in [1.82, 2.24) is 15.2 Å². The first-order valence-corrected chi connectivity index (χ1v) is 5.72. The highest BCUT2D eigenvalue weighted by Crippen LogP contribution is 2.01. The molecule has 0 amide bonds. The maximum Gasteiger partial charge on any atom is 0.208 e. The van der Waals surface area contributed by atoms with Gasteiger partial charge in [0.2, 0.25) is 5.96 Å². The Bertz CT molecular complexity index is 204. The average Bonchev–Trinajstić information content (AvgIpc) is 2.45. The second kappa shape index (κ2) is 6.63. The molecule has 0 bridgehead atoms. The highest BCUT2D eigenvalue weighted by atomic mass is 15.4. The lowest BCUT2D eigenvalue weighted by Gasteiger charge is -2.23. The van der Waals surface area contributed by atoms with Gasteiger partial charge in [0.25, 0.3) is 0 Å². The van der Waals surface area contributed by atoms with Gasteiger partial charge in [-0.15, -0.1) is 0 Å². The fourth-order valence-corrected chi connectivity index (χ4v) is 1.71. The van der Waals surface area contributed by atoms with Crippen molar-refractivity contribution < 1.29 is 0 Å². The van der Waals surface area contributed by atoms with Gasteiger partial charge in [0.05, 0.1) is 0 Å². The molecule has 1 heterocycles. The third-order valence-electron chi connectivity index (χ3n) is 2.63. The lowest BCUT2D eigenvalue weighted by Crippen LogP contribution is -2.46. The van der Waals surface area contributed by atoms with Crippen molar-refractivity contribution >= 4 is 5.96 Å². The first-order chi connectivity index (χ1) is 7.27. The number of nitrogens with one attached hydrogen (secondary N) is 1. The van der Waals surface area contributed by atoms with Crippen molar-refractivity contribution in [3.05, 3.63) is 0 Å². The third-order valence-corrected chi connectivity index (χ3v) is 2.63. The van der Waals surface area contributed by atoms with Gasteiger partial charge in [-0.05, 0) is 26.4 Å². The summed E-state index contributed by atoms with van der Waals surface area (Å²) < 4.78 is 0. The van der Waals surface area contributed by atoms with Gasteiger partial charge in [-0.3, -0.25) is 10.4 Å². The highest BCUT2D eigenvalue weighted by Gasteiger charge is 2.14. The Morgan fingerprint density at radius 1 is 1.33 bits per heavy atom. The molecule has 0 saturated carbocycles. The number of rotatable bonds is 2. The maximum atomic E-state index is 5.49. The van der Waals surface area contributed by atoms with E-state index in [1.165, 1.54) is 6.42 Å². The SMILES string of the molecule is CCCN=C(NN)N1CCCN(C)CC1. The Hall–Kier alpha value is -0.810. The van der Waals surface area contributed by atoms with Crippen LogP contribution in [-0.2, 0) is 0 Å². The number of nitrogens with two attached hydrogens (primary N) is 1. The number of guanidine groups is 1. The second-order valence-corrected chi connectivity index (χ2v) is 3.99. The van der Waals surface area contributed by atoms with Crippen LogP contribution >= 0.6 is 0 Å². The maximum absolute atomic E-state index is 5.49. The molecule has 0 atom stereocenters. The summed E-state index contributed by atoms with van der Waals surface area (Å²) in [5.74, 6) is 6.33. The summed E-state index contributed by atoms with van der Waals surface area (Å²) in [5.41, 5.74) is 2.71. The van der Waals surface area contributed by atoms with E-state index in [2.05, 4.69) is 34.2 Å². The molecule has 0 aromatic heterocycles. The minimum Gasteiger partial charge on any atom is -0.341 e. The van der Waals surface area contributed by atoms with Gasteiger partial charge in [0, 0.05) is 26.2 Å². The molecule has 3 N–H and O–H groups in total. The zero-order valence-corrected chi connectivity index (χ0v) is 9.87. The smallest absolute Gasteiger partial charge is 0.208 e. The molecule has 0 radical (unpaired) electrons. The van der Waals surface area contributed by atoms with Crippen molar-refractivity contribution in [1.29, 1.82) is 0 Å². The number of likely N-dealkylation sites (N-methyl/N-ethyl adjacent to an activating group) is 1. The van der Waals surface area contributed by atoms with Gasteiger partial charge in [-0.1, -0.05) is 6.92 Å². The summed E-state index contributed by atoms with van der Waals surface area (Å²) >= 11 is 0. The molecule has 0 spiro atoms. The van der Waals surface area contributed by atoms with Crippen LogP contribution in [0.3, 0.4) is 0 Å². The molecular weight excluding hydrogens is 190 g/mol. The quantitative estimate of drug-likeness (QED) is 0.290. The van der Waals surface area contributed by atoms with E-state index < -0.39 is 0 Å². The van der Waals surface area contributed by atoms with Gasteiger partial charge >= 0.3 is 0 Å². The van der Waals surface area contributed by atoms with Crippen LogP contribution in [0.1, 0.15) is 19.8 Å². The summed E-state index contributed by atoms with van der Waals surface area (Å²) in [6.45, 7) is 7.23. The molecule has 15 heavy (non-hydrogen) atoms. The molecule has 1 rings (SSSR count). The first kappa shape index (κ1) is 12.3. The van der Waals surface area contributed by atoms with Crippen LogP contribution in [-0.4, -0.2) is 55.5 Å². The van der Waals surface area contributed by atoms with Gasteiger partial charge in [0.1, 0.15) is 0 Å². The van der Waals surface area contributed by atoms with Crippen molar-refractivity contribution in [3.8, 4) is 0 Å². The third kappa shape index (κ3) is 4.05. The lowest BCUT2D eigenvalue weighted by atomic mass is 10.4. The number of hydrazine groups is 1. The lowest BCUT2D eigenvalue weighted by molar-refractivity contribution is 0.344. The van der Waals surface area contributed by atoms with E-state index in [1.807, 2.05) is 0 Å². The van der Waals surface area contributed by atoms with Gasteiger partial charge in [-0.2, -0.15) is 0 Å². The summed E-state index contributed by atoms with van der Waals surface area (Å²) in [5, 5.41) is 0. The van der Waals surface area contributed by atoms with E-state index in [-0.39, 0.29) is 0 Å². The zero-order valence-electron chi connectivity index (χ0n) is 9.87. The molecule has 5 heteroatoms. The van der Waals surface area contributed by atoms with Crippen LogP contribution in [0.15, 0.2) is 4.99 Å². The summed E-state index contributed by atoms with van der Waals surface area (Å²) in [6, 6.07) is 0. The summed E-state index contributed by atoms with van der Waals surface area (Å²) in [7, 11) is 2.15. The minimum atomic E-state index is 0.839. The van der Waals surface area contributed by atoms with Crippen LogP contribution in [0.25, 0.3) is 0 Å². The van der Waals surface area contributed by atoms with Crippen LogP contribution in [0, 0.1) is 0 Å². The molecule has 0 unspecified atom stereocenters. The number of aliphatic imine (C=N–C) groups is 1. The zero-order chi connectivity index (χ0) is 11.1. The predicted molar refractivity (Wildman–Crippen MR) is 63.6 cm³/mol. The molecule has 5 nitrogen and oxygen atoms in total. The largest absolute Gasteiger partial charge is 0.341 e. The fourth-order valence-electron chi connectivity index (χ4n) is 1.71. The number of hydrogen-bond donors (Lipinski definition) is 2. The van der Waals surface area contributed by atoms with Gasteiger partial charge in [-0.25, -0.2) is 5.84 Å². The van der Waals surface area contributed by atoms with E-state index in [1.54, 1.807) is 0 Å². The van der Waals surface area contributed by atoms with Crippen molar-refractivity contribution in [3.63, 3.8) is 0 Å². The van der Waals surface area contributed by atoms with Crippen LogP contribution in [0.4, 0.5) is 0 Å². The first-order valence-electron chi connectivity index (χ1n) is 5.72. The van der Waals surface area contributed by atoms with Gasteiger partial charge < -0.3 is 9.80 Å². The topological polar surface area (TPSA) is 56.9 Å². The molecule has 0 aromatic rings. The molecule has 1 aliphatic heterocycles. The minimum absolute atomic E-state index is 0.839. The Morgan fingerprint density at radius 2 is 2.13 bits per heavy atom. The van der Waals surface area contributed by atoms with Crippen LogP contribution in [0.5, 0.6) is 0 Å². The van der Waals surface area contributed by atoms with Gasteiger partial charge in [0.15, 0.2) is 0 Å².